The lowest BCUT2D eigenvalue weighted by Gasteiger charge is -2.36. The molecule has 1 unspecified atom stereocenters. The third-order valence-electron chi connectivity index (χ3n) is 7.53. The van der Waals surface area contributed by atoms with Crippen molar-refractivity contribution >= 4 is 16.9 Å². The fourth-order valence-electron chi connectivity index (χ4n) is 5.26. The van der Waals surface area contributed by atoms with Gasteiger partial charge in [-0.3, -0.25) is 4.79 Å². The third-order valence-corrected chi connectivity index (χ3v) is 7.53. The third kappa shape index (κ3) is 4.47. The zero-order valence-corrected chi connectivity index (χ0v) is 21.7. The monoisotopic (exact) mass is 565 g/mol. The van der Waals surface area contributed by atoms with Gasteiger partial charge in [-0.25, -0.2) is 18.2 Å². The number of nitrogens with one attached hydrogen (secondary N) is 2. The van der Waals surface area contributed by atoms with Crippen LogP contribution in [0.1, 0.15) is 36.6 Å². The molecule has 0 radical (unpaired) electrons. The molecule has 1 atom stereocenters. The maximum atomic E-state index is 15.0. The van der Waals surface area contributed by atoms with Crippen molar-refractivity contribution in [3.63, 3.8) is 0 Å². The number of hydrogen-bond acceptors (Lipinski definition) is 4. The number of carbonyl (C=O) groups is 1. The van der Waals surface area contributed by atoms with Gasteiger partial charge in [0.15, 0.2) is 11.6 Å². The van der Waals surface area contributed by atoms with E-state index in [0.717, 1.165) is 17.2 Å². The number of aliphatic carboxylic acids is 1. The summed E-state index contributed by atoms with van der Waals surface area (Å²) in [5, 5.41) is 8.93. The lowest BCUT2D eigenvalue weighted by Crippen LogP contribution is -2.32. The molecule has 11 heteroatoms. The molecule has 0 saturated carbocycles. The highest BCUT2D eigenvalue weighted by atomic mass is 19.2. The van der Waals surface area contributed by atoms with E-state index in [1.165, 1.54) is 24.4 Å². The molecule has 3 heterocycles. The number of rotatable bonds is 7. The van der Waals surface area contributed by atoms with Crippen LogP contribution in [-0.4, -0.2) is 32.6 Å². The Morgan fingerprint density at radius 2 is 1.95 bits per heavy atom. The zero-order chi connectivity index (χ0) is 28.9. The quantitative estimate of drug-likeness (QED) is 0.146. The summed E-state index contributed by atoms with van der Waals surface area (Å²) < 4.78 is 70.3. The van der Waals surface area contributed by atoms with E-state index in [4.69, 9.17) is 14.6 Å². The van der Waals surface area contributed by atoms with Gasteiger partial charge < -0.3 is 24.5 Å². The minimum Gasteiger partial charge on any atom is -0.493 e. The largest absolute Gasteiger partial charge is 0.493 e. The number of fused-ring (bicyclic) bond motifs is 2. The van der Waals surface area contributed by atoms with Crippen LogP contribution in [0.5, 0.6) is 17.2 Å². The first kappa shape index (κ1) is 26.4. The number of aromatic amines is 2. The van der Waals surface area contributed by atoms with Gasteiger partial charge in [-0.1, -0.05) is 18.2 Å². The first-order valence-corrected chi connectivity index (χ1v) is 12.8. The fourth-order valence-corrected chi connectivity index (χ4v) is 5.26. The molecule has 3 N–H and O–H groups in total. The topological polar surface area (TPSA) is 100 Å². The van der Waals surface area contributed by atoms with Gasteiger partial charge in [-0.15, -0.1) is 0 Å². The molecule has 41 heavy (non-hydrogen) atoms. The molecule has 210 valence electrons. The second kappa shape index (κ2) is 9.99. The van der Waals surface area contributed by atoms with Crippen LogP contribution in [0.4, 0.5) is 17.6 Å². The minimum absolute atomic E-state index is 0.0242. The lowest BCUT2D eigenvalue weighted by molar-refractivity contribution is -0.136. The highest BCUT2D eigenvalue weighted by Crippen LogP contribution is 2.45. The highest BCUT2D eigenvalue weighted by molar-refractivity contribution is 5.82. The summed E-state index contributed by atoms with van der Waals surface area (Å²) in [6.07, 6.45) is 3.70. The Balaban J connectivity index is 1.34. The number of para-hydroxylation sites is 1. The molecule has 0 bridgehead atoms. The van der Waals surface area contributed by atoms with Crippen molar-refractivity contribution in [1.29, 1.82) is 0 Å². The van der Waals surface area contributed by atoms with Crippen molar-refractivity contribution in [3.05, 3.63) is 94.9 Å². The van der Waals surface area contributed by atoms with Crippen LogP contribution < -0.4 is 9.47 Å². The van der Waals surface area contributed by atoms with Crippen LogP contribution in [0.3, 0.4) is 0 Å². The second-order valence-electron chi connectivity index (χ2n) is 10.0. The molecule has 0 aliphatic carbocycles. The fraction of sp³-hybridized carbons (Fsp3) is 0.200. The number of benzene rings is 3. The summed E-state index contributed by atoms with van der Waals surface area (Å²) in [7, 11) is 0. The standard InChI is InChI=1S/C30H23F4N3O4/c1-30(10-12-40-27-15(5-8-22(38)39)3-2-4-19(27)30)21-14-36-29(37-21)18-13-16(6-7-20(18)31)41-28-23(32)17-9-11-35-26(17)24(33)25(28)34/h2-4,6-7,9,11,13-14,35H,5,8,10,12H2,1H3,(H,36,37)(H,38,39). The average molecular weight is 566 g/mol. The van der Waals surface area contributed by atoms with E-state index >= 15 is 0 Å². The molecule has 3 aromatic carbocycles. The Kier molecular flexibility index (Phi) is 6.44. The van der Waals surface area contributed by atoms with Crippen LogP contribution in [0, 0.1) is 23.3 Å². The van der Waals surface area contributed by atoms with Gasteiger partial charge in [0.1, 0.15) is 23.1 Å². The number of halogens is 4. The molecular weight excluding hydrogens is 542 g/mol. The van der Waals surface area contributed by atoms with Crippen LogP contribution in [0.15, 0.2) is 54.9 Å². The Morgan fingerprint density at radius 1 is 1.12 bits per heavy atom. The SMILES string of the molecule is CC1(c2cnc(-c3cc(Oc4c(F)c(F)c5[nH]ccc5c4F)ccc3F)[nH]2)CCOc2c(CCC(=O)O)cccc21. The lowest BCUT2D eigenvalue weighted by atomic mass is 9.74. The van der Waals surface area contributed by atoms with Crippen molar-refractivity contribution in [3.8, 4) is 28.6 Å². The van der Waals surface area contributed by atoms with E-state index in [0.29, 0.717) is 30.9 Å². The Bertz CT molecular complexity index is 1820. The number of carboxylic acids is 1. The number of imidazole rings is 1. The van der Waals surface area contributed by atoms with Crippen molar-refractivity contribution < 1.29 is 36.9 Å². The van der Waals surface area contributed by atoms with E-state index in [9.17, 15) is 22.4 Å². The zero-order valence-electron chi connectivity index (χ0n) is 21.7. The first-order valence-electron chi connectivity index (χ1n) is 12.8. The molecule has 1 aliphatic heterocycles. The molecule has 1 aliphatic rings. The molecule has 6 rings (SSSR count). The molecule has 7 nitrogen and oxygen atoms in total. The van der Waals surface area contributed by atoms with E-state index in [1.807, 2.05) is 25.1 Å². The summed E-state index contributed by atoms with van der Waals surface area (Å²) in [4.78, 5) is 21.1. The van der Waals surface area contributed by atoms with Gasteiger partial charge in [0.2, 0.25) is 11.6 Å². The summed E-state index contributed by atoms with van der Waals surface area (Å²) in [5.74, 6) is -5.79. The molecule has 0 fully saturated rings. The highest BCUT2D eigenvalue weighted by Gasteiger charge is 2.38. The molecular formula is C30H23F4N3O4. The van der Waals surface area contributed by atoms with Crippen molar-refractivity contribution in [1.82, 2.24) is 15.0 Å². The second-order valence-corrected chi connectivity index (χ2v) is 10.0. The van der Waals surface area contributed by atoms with E-state index in [-0.39, 0.29) is 34.5 Å². The molecule has 0 amide bonds. The van der Waals surface area contributed by atoms with Gasteiger partial charge in [0, 0.05) is 40.9 Å². The average Bonchev–Trinajstić information content (AvgIpc) is 3.65. The van der Waals surface area contributed by atoms with E-state index in [1.54, 1.807) is 6.20 Å². The van der Waals surface area contributed by atoms with Crippen molar-refractivity contribution in [2.24, 2.45) is 0 Å². The van der Waals surface area contributed by atoms with Crippen molar-refractivity contribution in [2.75, 3.05) is 6.61 Å². The summed E-state index contributed by atoms with van der Waals surface area (Å²) in [6.45, 7) is 2.36. The molecule has 5 aromatic rings. The van der Waals surface area contributed by atoms with Gasteiger partial charge in [-0.2, -0.15) is 4.39 Å². The number of H-pyrrole nitrogens is 2. The Morgan fingerprint density at radius 3 is 2.76 bits per heavy atom. The van der Waals surface area contributed by atoms with E-state index in [2.05, 4.69) is 15.0 Å². The van der Waals surface area contributed by atoms with Gasteiger partial charge in [0.05, 0.1) is 17.7 Å². The predicted molar refractivity (Wildman–Crippen MR) is 141 cm³/mol. The number of hydrogen-bond donors (Lipinski definition) is 3. The first-order chi connectivity index (χ1) is 19.7. The number of aryl methyl sites for hydroxylation is 1. The van der Waals surface area contributed by atoms with Crippen LogP contribution >= 0.6 is 0 Å². The smallest absolute Gasteiger partial charge is 0.303 e. The van der Waals surface area contributed by atoms with Gasteiger partial charge in [-0.05, 0) is 49.6 Å². The molecule has 2 aromatic heterocycles. The summed E-state index contributed by atoms with van der Waals surface area (Å²) >= 11 is 0. The number of carboxylic acid groups (broad SMARTS) is 1. The van der Waals surface area contributed by atoms with Gasteiger partial charge in [0.25, 0.3) is 0 Å². The number of nitrogens with zero attached hydrogens (tertiary/aromatic N) is 1. The molecule has 0 saturated heterocycles. The normalized spacial score (nSPS) is 16.4. The summed E-state index contributed by atoms with van der Waals surface area (Å²) in [6, 6.07) is 10.3. The summed E-state index contributed by atoms with van der Waals surface area (Å²) in [5.41, 5.74) is 1.32. The van der Waals surface area contributed by atoms with Crippen LogP contribution in [0.25, 0.3) is 22.3 Å². The maximum absolute atomic E-state index is 15.0. The number of ether oxygens (including phenoxy) is 2. The number of aromatic nitrogens is 3. The Labute approximate surface area is 230 Å². The molecule has 0 spiro atoms. The maximum Gasteiger partial charge on any atom is 0.303 e. The predicted octanol–water partition coefficient (Wildman–Crippen LogP) is 7.01. The minimum atomic E-state index is -1.52. The van der Waals surface area contributed by atoms with Gasteiger partial charge >= 0.3 is 5.97 Å². The Hall–Kier alpha value is -4.80. The van der Waals surface area contributed by atoms with Crippen LogP contribution in [0.2, 0.25) is 0 Å². The van der Waals surface area contributed by atoms with Crippen molar-refractivity contribution in [2.45, 2.75) is 31.6 Å². The van der Waals surface area contributed by atoms with E-state index < -0.39 is 40.4 Å². The van der Waals surface area contributed by atoms with Crippen LogP contribution in [-0.2, 0) is 16.6 Å².